The molecule has 2 rings (SSSR count). The van der Waals surface area contributed by atoms with Crippen molar-refractivity contribution in [2.45, 2.75) is 20.8 Å². The smallest absolute Gasteiger partial charge is 0.323 e. The van der Waals surface area contributed by atoms with E-state index in [9.17, 15) is 14.4 Å². The average Bonchev–Trinajstić information content (AvgIpc) is 2.71. The van der Waals surface area contributed by atoms with Crippen LogP contribution in [0.1, 0.15) is 31.1 Å². The predicted octanol–water partition coefficient (Wildman–Crippen LogP) is 3.91. The van der Waals surface area contributed by atoms with Crippen LogP contribution in [0.5, 0.6) is 0 Å². The molecule has 0 aliphatic carbocycles. The largest absolute Gasteiger partial charge is 0.468 e. The van der Waals surface area contributed by atoms with E-state index in [1.165, 1.54) is 21.1 Å². The van der Waals surface area contributed by atoms with Gasteiger partial charge >= 0.3 is 11.9 Å². The first-order valence-corrected chi connectivity index (χ1v) is 8.57. The molecule has 142 valence electrons. The fraction of sp³-hybridized carbons (Fsp3) is 0.318. The summed E-state index contributed by atoms with van der Waals surface area (Å²) >= 11 is 0. The van der Waals surface area contributed by atoms with E-state index in [4.69, 9.17) is 9.47 Å². The molecule has 5 nitrogen and oxygen atoms in total. The molecule has 2 aromatic rings. The van der Waals surface area contributed by atoms with Crippen molar-refractivity contribution < 1.29 is 23.9 Å². The van der Waals surface area contributed by atoms with Crippen LogP contribution < -0.4 is 0 Å². The van der Waals surface area contributed by atoms with E-state index in [1.807, 2.05) is 42.5 Å². The topological polar surface area (TPSA) is 69.7 Å². The Morgan fingerprint density at radius 1 is 0.704 bits per heavy atom. The van der Waals surface area contributed by atoms with Crippen molar-refractivity contribution in [1.82, 2.24) is 0 Å². The lowest BCUT2D eigenvalue weighted by atomic mass is 9.63. The number of ether oxygens (including phenoxy) is 2. The monoisotopic (exact) mass is 368 g/mol. The maximum absolute atomic E-state index is 13.2. The van der Waals surface area contributed by atoms with Crippen LogP contribution in [0.15, 0.2) is 54.6 Å². The van der Waals surface area contributed by atoms with Crippen molar-refractivity contribution in [2.75, 3.05) is 14.2 Å². The van der Waals surface area contributed by atoms with Crippen molar-refractivity contribution >= 4 is 17.7 Å². The van der Waals surface area contributed by atoms with Gasteiger partial charge in [-0.1, -0.05) is 68.4 Å². The SMILES string of the molecule is COC(=O)C(C)(C(=O)OC)C(C)(C)C(=O)c1ccc(-c2ccccc2)cc1. The minimum absolute atomic E-state index is 0.347. The maximum Gasteiger partial charge on any atom is 0.323 e. The molecular formula is C22H24O5. The Bertz CT molecular complexity index is 819. The number of methoxy groups -OCH3 is 2. The summed E-state index contributed by atoms with van der Waals surface area (Å²) in [6.45, 7) is 4.48. The Morgan fingerprint density at radius 2 is 1.15 bits per heavy atom. The molecule has 5 heteroatoms. The number of esters is 2. The van der Waals surface area contributed by atoms with Crippen LogP contribution in [-0.2, 0) is 19.1 Å². The molecule has 27 heavy (non-hydrogen) atoms. The lowest BCUT2D eigenvalue weighted by Crippen LogP contribution is -2.53. The minimum atomic E-state index is -1.77. The first-order chi connectivity index (χ1) is 12.7. The summed E-state index contributed by atoms with van der Waals surface area (Å²) < 4.78 is 9.59. The normalized spacial score (nSPS) is 11.6. The van der Waals surface area contributed by atoms with Gasteiger partial charge in [-0.15, -0.1) is 0 Å². The van der Waals surface area contributed by atoms with Crippen LogP contribution in [-0.4, -0.2) is 31.9 Å². The lowest BCUT2D eigenvalue weighted by molar-refractivity contribution is -0.174. The third-order valence-electron chi connectivity index (χ3n) is 5.26. The molecule has 0 amide bonds. The van der Waals surface area contributed by atoms with E-state index in [0.29, 0.717) is 5.56 Å². The molecule has 0 atom stereocenters. The first-order valence-electron chi connectivity index (χ1n) is 8.57. The molecule has 0 spiro atoms. The van der Waals surface area contributed by atoms with Crippen LogP contribution in [0, 0.1) is 10.8 Å². The van der Waals surface area contributed by atoms with E-state index in [-0.39, 0.29) is 5.78 Å². The minimum Gasteiger partial charge on any atom is -0.468 e. The van der Waals surface area contributed by atoms with Gasteiger partial charge in [0.2, 0.25) is 0 Å². The highest BCUT2D eigenvalue weighted by molar-refractivity contribution is 6.10. The summed E-state index contributed by atoms with van der Waals surface area (Å²) in [5.41, 5.74) is -0.746. The molecule has 0 heterocycles. The summed E-state index contributed by atoms with van der Waals surface area (Å²) in [7, 11) is 2.36. The van der Waals surface area contributed by atoms with Gasteiger partial charge in [-0.25, -0.2) is 0 Å². The number of hydrogen-bond acceptors (Lipinski definition) is 5. The van der Waals surface area contributed by atoms with Crippen molar-refractivity contribution in [3.05, 3.63) is 60.2 Å². The van der Waals surface area contributed by atoms with Gasteiger partial charge in [-0.2, -0.15) is 0 Å². The van der Waals surface area contributed by atoms with Crippen LogP contribution in [0.4, 0.5) is 0 Å². The zero-order chi connectivity index (χ0) is 20.2. The van der Waals surface area contributed by atoms with Gasteiger partial charge in [0.1, 0.15) is 0 Å². The fourth-order valence-corrected chi connectivity index (χ4v) is 3.03. The Balaban J connectivity index is 2.42. The molecule has 0 unspecified atom stereocenters. The second kappa shape index (κ2) is 7.74. The molecule has 2 aromatic carbocycles. The Labute approximate surface area is 159 Å². The third-order valence-corrected chi connectivity index (χ3v) is 5.26. The number of carbonyl (C=O) groups is 3. The van der Waals surface area contributed by atoms with Gasteiger partial charge in [-0.3, -0.25) is 14.4 Å². The standard InChI is InChI=1S/C22H24O5/c1-21(2,22(3,19(24)26-4)20(25)27-5)18(23)17-13-11-16(12-14-17)15-9-7-6-8-10-15/h6-14H,1-5H3. The maximum atomic E-state index is 13.2. The molecule has 0 radical (unpaired) electrons. The molecule has 0 bridgehead atoms. The quantitative estimate of drug-likeness (QED) is 0.439. The van der Waals surface area contributed by atoms with Crippen LogP contribution in [0.3, 0.4) is 0 Å². The summed E-state index contributed by atoms with van der Waals surface area (Å²) in [6, 6.07) is 16.8. The number of hydrogen-bond donors (Lipinski definition) is 0. The molecule has 0 aromatic heterocycles. The van der Waals surface area contributed by atoms with Gasteiger partial charge < -0.3 is 9.47 Å². The highest BCUT2D eigenvalue weighted by Crippen LogP contribution is 2.43. The summed E-state index contributed by atoms with van der Waals surface area (Å²) in [5.74, 6) is -1.97. The van der Waals surface area contributed by atoms with Crippen LogP contribution in [0.25, 0.3) is 11.1 Å². The Kier molecular flexibility index (Phi) is 5.84. The molecule has 0 saturated heterocycles. The number of Topliss-reactive ketones (excluding diaryl/α,β-unsaturated/α-hetero) is 1. The third kappa shape index (κ3) is 3.50. The molecule has 0 N–H and O–H groups in total. The highest BCUT2D eigenvalue weighted by Gasteiger charge is 2.59. The average molecular weight is 368 g/mol. The molecule has 0 aliphatic rings. The number of rotatable bonds is 6. The molecule has 0 fully saturated rings. The van der Waals surface area contributed by atoms with Crippen molar-refractivity contribution in [1.29, 1.82) is 0 Å². The summed E-state index contributed by atoms with van der Waals surface area (Å²) in [6.07, 6.45) is 0. The van der Waals surface area contributed by atoms with E-state index in [1.54, 1.807) is 26.0 Å². The number of carbonyl (C=O) groups excluding carboxylic acids is 3. The summed E-state index contributed by atoms with van der Waals surface area (Å²) in [4.78, 5) is 37.9. The molecule has 0 aliphatic heterocycles. The van der Waals surface area contributed by atoms with E-state index in [0.717, 1.165) is 11.1 Å². The zero-order valence-corrected chi connectivity index (χ0v) is 16.2. The van der Waals surface area contributed by atoms with E-state index >= 15 is 0 Å². The highest BCUT2D eigenvalue weighted by atomic mass is 16.5. The van der Waals surface area contributed by atoms with Crippen LogP contribution >= 0.6 is 0 Å². The predicted molar refractivity (Wildman–Crippen MR) is 102 cm³/mol. The fourth-order valence-electron chi connectivity index (χ4n) is 3.03. The Hall–Kier alpha value is -2.95. The Morgan fingerprint density at radius 3 is 1.59 bits per heavy atom. The molecular weight excluding hydrogens is 344 g/mol. The summed E-state index contributed by atoms with van der Waals surface area (Å²) in [5, 5.41) is 0. The second-order valence-electron chi connectivity index (χ2n) is 7.01. The van der Waals surface area contributed by atoms with E-state index < -0.39 is 22.8 Å². The lowest BCUT2D eigenvalue weighted by Gasteiger charge is -2.38. The van der Waals surface area contributed by atoms with E-state index in [2.05, 4.69) is 0 Å². The van der Waals surface area contributed by atoms with Crippen LogP contribution in [0.2, 0.25) is 0 Å². The number of benzene rings is 2. The van der Waals surface area contributed by atoms with Gasteiger partial charge in [0.05, 0.1) is 19.6 Å². The first kappa shape index (κ1) is 20.4. The van der Waals surface area contributed by atoms with Crippen molar-refractivity contribution in [2.24, 2.45) is 10.8 Å². The molecule has 0 saturated carbocycles. The van der Waals surface area contributed by atoms with Crippen molar-refractivity contribution in [3.63, 3.8) is 0 Å². The van der Waals surface area contributed by atoms with Gasteiger partial charge in [0.25, 0.3) is 0 Å². The van der Waals surface area contributed by atoms with Gasteiger partial charge in [0, 0.05) is 5.56 Å². The van der Waals surface area contributed by atoms with Crippen molar-refractivity contribution in [3.8, 4) is 11.1 Å². The number of ketones is 1. The second-order valence-corrected chi connectivity index (χ2v) is 7.01. The van der Waals surface area contributed by atoms with Gasteiger partial charge in [-0.05, 0) is 18.1 Å². The zero-order valence-electron chi connectivity index (χ0n) is 16.2. The van der Waals surface area contributed by atoms with Gasteiger partial charge in [0.15, 0.2) is 11.2 Å².